The van der Waals surface area contributed by atoms with Crippen LogP contribution in [0.25, 0.3) is 78.3 Å². The van der Waals surface area contributed by atoms with E-state index in [1.165, 1.54) is 44.2 Å². The minimum Gasteiger partial charge on any atom is -0.208 e. The normalized spacial score (nSPS) is 13.3. The smallest absolute Gasteiger partial charge is 0.164 e. The summed E-state index contributed by atoms with van der Waals surface area (Å²) in [6, 6.07) is 59.5. The van der Waals surface area contributed by atoms with Gasteiger partial charge >= 0.3 is 0 Å². The molecule has 7 aromatic carbocycles. The van der Waals surface area contributed by atoms with Crippen LogP contribution in [0.5, 0.6) is 0 Å². The zero-order valence-electron chi connectivity index (χ0n) is 31.9. The Morgan fingerprint density at radius 1 is 0.482 bits per heavy atom. The molecule has 1 aliphatic carbocycles. The third-order valence-electron chi connectivity index (χ3n) is 11.3. The Kier molecular flexibility index (Phi) is 8.91. The van der Waals surface area contributed by atoms with Crippen molar-refractivity contribution in [2.75, 3.05) is 0 Å². The van der Waals surface area contributed by atoms with Gasteiger partial charge in [-0.15, -0.1) is 0 Å². The van der Waals surface area contributed by atoms with Crippen LogP contribution in [-0.4, -0.2) is 15.0 Å². The highest BCUT2D eigenvalue weighted by molar-refractivity contribution is 5.92. The summed E-state index contributed by atoms with van der Waals surface area (Å²) in [5, 5.41) is 2.40. The summed E-state index contributed by atoms with van der Waals surface area (Å²) < 4.78 is 0. The summed E-state index contributed by atoms with van der Waals surface area (Å²) in [7, 11) is 0. The van der Waals surface area contributed by atoms with Crippen molar-refractivity contribution in [1.29, 1.82) is 0 Å². The number of nitrogens with zero attached hydrogens (tertiary/aromatic N) is 3. The van der Waals surface area contributed by atoms with Crippen LogP contribution in [-0.2, 0) is 5.41 Å². The van der Waals surface area contributed by atoms with Gasteiger partial charge in [-0.1, -0.05) is 196 Å². The minimum atomic E-state index is 0.0296. The van der Waals surface area contributed by atoms with Crippen molar-refractivity contribution in [3.05, 3.63) is 211 Å². The lowest BCUT2D eigenvalue weighted by molar-refractivity contribution is 0.639. The average molecular weight is 720 g/mol. The molecule has 0 saturated carbocycles. The molecule has 0 aliphatic heterocycles. The van der Waals surface area contributed by atoms with Gasteiger partial charge in [0.15, 0.2) is 17.5 Å². The second-order valence-electron chi connectivity index (χ2n) is 15.0. The molecule has 1 heterocycles. The van der Waals surface area contributed by atoms with E-state index in [9.17, 15) is 0 Å². The Hall–Kier alpha value is -6.97. The topological polar surface area (TPSA) is 38.7 Å². The van der Waals surface area contributed by atoms with Gasteiger partial charge in [0.1, 0.15) is 0 Å². The van der Waals surface area contributed by atoms with E-state index in [4.69, 9.17) is 15.0 Å². The molecule has 1 aromatic heterocycles. The van der Waals surface area contributed by atoms with Gasteiger partial charge in [-0.3, -0.25) is 0 Å². The number of hydrogen-bond acceptors (Lipinski definition) is 3. The second kappa shape index (κ2) is 14.4. The number of benzene rings is 7. The Labute approximate surface area is 329 Å². The standard InChI is InChI=1S/C53H41N3/c1-35(19-32-47-36(2)53(3,4)49-18-12-11-17-48(47)49)37-20-22-38(23-21-37)44-30-26-40-27-31-45(34-46(40)33-44)39-24-28-43(29-25-39)52-55-50(41-13-7-5-8-14-41)54-51(56-52)42-15-9-6-10-16-42/h5-34H,1H2,2-4H3/b32-19-. The SMILES string of the molecule is C=C(/C=C\C1=C(C)C(C)(C)c2ccccc21)c1ccc(-c2ccc3ccc(-c4ccc(-c5nc(-c6ccccc6)nc(-c6ccccc6)n5)cc4)cc3c2)cc1. The molecule has 268 valence electrons. The number of fused-ring (bicyclic) bond motifs is 2. The van der Waals surface area contributed by atoms with Crippen LogP contribution in [0.15, 0.2) is 194 Å². The first-order chi connectivity index (χ1) is 27.3. The molecule has 8 aromatic rings. The Morgan fingerprint density at radius 2 is 0.929 bits per heavy atom. The largest absolute Gasteiger partial charge is 0.208 e. The Balaban J connectivity index is 0.956. The first-order valence-corrected chi connectivity index (χ1v) is 19.1. The van der Waals surface area contributed by atoms with E-state index >= 15 is 0 Å². The van der Waals surface area contributed by atoms with Crippen LogP contribution in [0.1, 0.15) is 37.5 Å². The average Bonchev–Trinajstić information content (AvgIpc) is 3.45. The van der Waals surface area contributed by atoms with E-state index in [1.54, 1.807) is 0 Å². The summed E-state index contributed by atoms with van der Waals surface area (Å²) in [5.41, 5.74) is 15.0. The van der Waals surface area contributed by atoms with Crippen molar-refractivity contribution >= 4 is 21.9 Å². The Bertz CT molecular complexity index is 2750. The van der Waals surface area contributed by atoms with Crippen molar-refractivity contribution in [3.63, 3.8) is 0 Å². The van der Waals surface area contributed by atoms with Crippen LogP contribution in [0.4, 0.5) is 0 Å². The van der Waals surface area contributed by atoms with E-state index in [2.05, 4.69) is 149 Å². The molecule has 3 nitrogen and oxygen atoms in total. The van der Waals surface area contributed by atoms with Crippen LogP contribution < -0.4 is 0 Å². The summed E-state index contributed by atoms with van der Waals surface area (Å²) >= 11 is 0. The number of rotatable bonds is 8. The molecular weight excluding hydrogens is 679 g/mol. The quantitative estimate of drug-likeness (QED) is 0.147. The van der Waals surface area contributed by atoms with Crippen molar-refractivity contribution in [2.45, 2.75) is 26.2 Å². The van der Waals surface area contributed by atoms with Crippen molar-refractivity contribution < 1.29 is 0 Å². The molecule has 0 fully saturated rings. The lowest BCUT2D eigenvalue weighted by atomic mass is 9.82. The maximum Gasteiger partial charge on any atom is 0.164 e. The van der Waals surface area contributed by atoms with Crippen LogP contribution in [0.3, 0.4) is 0 Å². The molecule has 0 bridgehead atoms. The van der Waals surface area contributed by atoms with E-state index in [0.717, 1.165) is 39.0 Å². The highest BCUT2D eigenvalue weighted by atomic mass is 15.0. The van der Waals surface area contributed by atoms with E-state index in [1.807, 2.05) is 60.7 Å². The molecule has 0 atom stereocenters. The van der Waals surface area contributed by atoms with Gasteiger partial charge in [0.05, 0.1) is 0 Å². The van der Waals surface area contributed by atoms with Crippen LogP contribution in [0, 0.1) is 0 Å². The molecule has 0 spiro atoms. The first kappa shape index (κ1) is 34.8. The summed E-state index contributed by atoms with van der Waals surface area (Å²) in [4.78, 5) is 14.6. The monoisotopic (exact) mass is 719 g/mol. The minimum absolute atomic E-state index is 0.0296. The molecule has 56 heavy (non-hydrogen) atoms. The van der Waals surface area contributed by atoms with Crippen molar-refractivity contribution in [1.82, 2.24) is 15.0 Å². The van der Waals surface area contributed by atoms with Crippen molar-refractivity contribution in [3.8, 4) is 56.4 Å². The molecule has 0 radical (unpaired) electrons. The molecule has 3 heteroatoms. The second-order valence-corrected chi connectivity index (χ2v) is 15.0. The highest BCUT2D eigenvalue weighted by Crippen LogP contribution is 2.46. The van der Waals surface area contributed by atoms with Gasteiger partial charge in [-0.2, -0.15) is 0 Å². The van der Waals surface area contributed by atoms with Gasteiger partial charge in [-0.05, 0) is 79.9 Å². The van der Waals surface area contributed by atoms with Gasteiger partial charge in [0.2, 0.25) is 0 Å². The molecule has 0 saturated heterocycles. The molecular formula is C53H41N3. The fourth-order valence-corrected chi connectivity index (χ4v) is 7.73. The predicted octanol–water partition coefficient (Wildman–Crippen LogP) is 13.7. The van der Waals surface area contributed by atoms with Gasteiger partial charge in [0, 0.05) is 22.1 Å². The third kappa shape index (κ3) is 6.58. The molecule has 9 rings (SSSR count). The number of aromatic nitrogens is 3. The highest BCUT2D eigenvalue weighted by Gasteiger charge is 2.33. The van der Waals surface area contributed by atoms with E-state index in [-0.39, 0.29) is 5.41 Å². The van der Waals surface area contributed by atoms with Gasteiger partial charge < -0.3 is 0 Å². The van der Waals surface area contributed by atoms with Crippen LogP contribution in [0.2, 0.25) is 0 Å². The fraction of sp³-hybridized carbons (Fsp3) is 0.0755. The van der Waals surface area contributed by atoms with Crippen LogP contribution >= 0.6 is 0 Å². The van der Waals surface area contributed by atoms with Gasteiger partial charge in [0.25, 0.3) is 0 Å². The predicted molar refractivity (Wildman–Crippen MR) is 235 cm³/mol. The lowest BCUT2D eigenvalue weighted by Crippen LogP contribution is -2.15. The maximum absolute atomic E-state index is 4.90. The fourth-order valence-electron chi connectivity index (χ4n) is 7.73. The summed E-state index contributed by atoms with van der Waals surface area (Å²) in [6.45, 7) is 11.3. The van der Waals surface area contributed by atoms with E-state index in [0.29, 0.717) is 17.5 Å². The van der Waals surface area contributed by atoms with E-state index < -0.39 is 0 Å². The summed E-state index contributed by atoms with van der Waals surface area (Å²) in [6.07, 6.45) is 4.40. The molecule has 0 N–H and O–H groups in total. The third-order valence-corrected chi connectivity index (χ3v) is 11.3. The van der Waals surface area contributed by atoms with Crippen molar-refractivity contribution in [2.24, 2.45) is 0 Å². The lowest BCUT2D eigenvalue weighted by Gasteiger charge is -2.21. The molecule has 0 unspecified atom stereocenters. The molecule has 1 aliphatic rings. The first-order valence-electron chi connectivity index (χ1n) is 19.1. The molecule has 0 amide bonds. The zero-order chi connectivity index (χ0) is 38.2. The maximum atomic E-state index is 4.90. The number of allylic oxidation sites excluding steroid dienone is 5. The van der Waals surface area contributed by atoms with Gasteiger partial charge in [-0.25, -0.2) is 15.0 Å². The number of hydrogen-bond donors (Lipinski definition) is 0. The zero-order valence-corrected chi connectivity index (χ0v) is 31.9. The summed E-state index contributed by atoms with van der Waals surface area (Å²) in [5.74, 6) is 1.96. The Morgan fingerprint density at radius 3 is 1.48 bits per heavy atom.